The highest BCUT2D eigenvalue weighted by Gasteiger charge is 1.97. The van der Waals surface area contributed by atoms with Gasteiger partial charge in [0.2, 0.25) is 0 Å². The number of benzene rings is 1. The third-order valence-corrected chi connectivity index (χ3v) is 2.03. The first-order valence-corrected chi connectivity index (χ1v) is 4.93. The Kier molecular flexibility index (Phi) is 4.17. The van der Waals surface area contributed by atoms with Gasteiger partial charge in [-0.25, -0.2) is 0 Å². The number of Topliss-reactive ketones (excluding diaryl/α,β-unsaturated/α-hetero) is 1. The number of aryl methyl sites for hydroxylation is 1. The molecule has 1 rings (SSSR count). The molecule has 0 saturated carbocycles. The molecule has 0 saturated heterocycles. The molecule has 0 spiro atoms. The third-order valence-electron chi connectivity index (χ3n) is 2.03. The van der Waals surface area contributed by atoms with Crippen molar-refractivity contribution in [1.29, 1.82) is 0 Å². The maximum absolute atomic E-state index is 10.7. The molecule has 0 unspecified atom stereocenters. The molecule has 0 radical (unpaired) electrons. The molecule has 1 aromatic carbocycles. The lowest BCUT2D eigenvalue weighted by Crippen LogP contribution is -2.02. The minimum Gasteiger partial charge on any atom is -0.493 e. The molecule has 0 atom stereocenters. The van der Waals surface area contributed by atoms with Gasteiger partial charge in [0.15, 0.2) is 0 Å². The summed E-state index contributed by atoms with van der Waals surface area (Å²) < 4.78 is 5.44. The van der Waals surface area contributed by atoms with Crippen molar-refractivity contribution in [2.75, 3.05) is 6.61 Å². The van der Waals surface area contributed by atoms with E-state index >= 15 is 0 Å². The van der Waals surface area contributed by atoms with E-state index in [0.29, 0.717) is 13.0 Å². The summed E-state index contributed by atoms with van der Waals surface area (Å²) in [6.07, 6.45) is 1.49. The molecule has 0 N–H and O–H groups in total. The number of carbonyl (C=O) groups excluding carboxylic acids is 1. The average molecular weight is 192 g/mol. The van der Waals surface area contributed by atoms with E-state index in [2.05, 4.69) is 13.0 Å². The van der Waals surface area contributed by atoms with E-state index in [1.807, 2.05) is 18.2 Å². The van der Waals surface area contributed by atoms with E-state index in [4.69, 9.17) is 4.74 Å². The number of hydrogen-bond donors (Lipinski definition) is 0. The highest BCUT2D eigenvalue weighted by Crippen LogP contribution is 2.13. The van der Waals surface area contributed by atoms with E-state index < -0.39 is 0 Å². The van der Waals surface area contributed by atoms with Crippen LogP contribution in [0.5, 0.6) is 5.75 Å². The Morgan fingerprint density at radius 2 is 2.21 bits per heavy atom. The standard InChI is InChI=1S/C12H16O2/c1-3-11-5-4-6-12(9-11)14-8-7-10(2)13/h4-6,9H,3,7-8H2,1-2H3. The highest BCUT2D eigenvalue weighted by molar-refractivity contribution is 5.75. The van der Waals surface area contributed by atoms with Gasteiger partial charge in [0, 0.05) is 6.42 Å². The summed E-state index contributed by atoms with van der Waals surface area (Å²) in [6.45, 7) is 4.16. The molecular weight excluding hydrogens is 176 g/mol. The van der Waals surface area contributed by atoms with Gasteiger partial charge in [-0.05, 0) is 31.0 Å². The van der Waals surface area contributed by atoms with Crippen molar-refractivity contribution in [3.8, 4) is 5.75 Å². The first-order valence-electron chi connectivity index (χ1n) is 4.93. The minimum absolute atomic E-state index is 0.164. The summed E-state index contributed by atoms with van der Waals surface area (Å²) >= 11 is 0. The molecule has 2 heteroatoms. The van der Waals surface area contributed by atoms with Crippen LogP contribution in [0.4, 0.5) is 0 Å². The van der Waals surface area contributed by atoms with Crippen molar-refractivity contribution in [3.63, 3.8) is 0 Å². The molecule has 0 aliphatic heterocycles. The van der Waals surface area contributed by atoms with Crippen LogP contribution in [0.1, 0.15) is 25.8 Å². The summed E-state index contributed by atoms with van der Waals surface area (Å²) in [5.74, 6) is 1.02. The van der Waals surface area contributed by atoms with Gasteiger partial charge in [-0.2, -0.15) is 0 Å². The monoisotopic (exact) mass is 192 g/mol. The molecule has 0 fully saturated rings. The van der Waals surface area contributed by atoms with Crippen LogP contribution in [0.3, 0.4) is 0 Å². The molecule has 14 heavy (non-hydrogen) atoms. The normalized spacial score (nSPS) is 9.86. The van der Waals surface area contributed by atoms with Crippen LogP contribution in [0.2, 0.25) is 0 Å². The van der Waals surface area contributed by atoms with E-state index in [1.54, 1.807) is 6.92 Å². The van der Waals surface area contributed by atoms with Gasteiger partial charge in [-0.3, -0.25) is 4.79 Å². The minimum atomic E-state index is 0.164. The van der Waals surface area contributed by atoms with Crippen molar-refractivity contribution in [1.82, 2.24) is 0 Å². The number of ether oxygens (including phenoxy) is 1. The van der Waals surface area contributed by atoms with Gasteiger partial charge in [0.1, 0.15) is 11.5 Å². The second-order valence-electron chi connectivity index (χ2n) is 3.30. The van der Waals surface area contributed by atoms with Gasteiger partial charge in [0.25, 0.3) is 0 Å². The zero-order chi connectivity index (χ0) is 10.4. The number of carbonyl (C=O) groups is 1. The Morgan fingerprint density at radius 3 is 2.86 bits per heavy atom. The van der Waals surface area contributed by atoms with E-state index in [1.165, 1.54) is 5.56 Å². The Balaban J connectivity index is 2.46. The van der Waals surface area contributed by atoms with Gasteiger partial charge >= 0.3 is 0 Å². The van der Waals surface area contributed by atoms with E-state index in [-0.39, 0.29) is 5.78 Å². The summed E-state index contributed by atoms with van der Waals surface area (Å²) in [5.41, 5.74) is 1.25. The lowest BCUT2D eigenvalue weighted by molar-refractivity contribution is -0.117. The largest absolute Gasteiger partial charge is 0.493 e. The second kappa shape index (κ2) is 5.43. The summed E-state index contributed by atoms with van der Waals surface area (Å²) in [4.78, 5) is 10.7. The maximum atomic E-state index is 10.7. The number of ketones is 1. The van der Waals surface area contributed by atoms with Crippen molar-refractivity contribution in [2.45, 2.75) is 26.7 Å². The van der Waals surface area contributed by atoms with Crippen LogP contribution < -0.4 is 4.74 Å². The smallest absolute Gasteiger partial charge is 0.133 e. The lowest BCUT2D eigenvalue weighted by Gasteiger charge is -2.05. The van der Waals surface area contributed by atoms with Crippen LogP contribution in [0, 0.1) is 0 Å². The molecular formula is C12H16O2. The van der Waals surface area contributed by atoms with Crippen molar-refractivity contribution in [2.24, 2.45) is 0 Å². The summed E-state index contributed by atoms with van der Waals surface area (Å²) in [5, 5.41) is 0. The van der Waals surface area contributed by atoms with Gasteiger partial charge in [-0.15, -0.1) is 0 Å². The van der Waals surface area contributed by atoms with E-state index in [0.717, 1.165) is 12.2 Å². The first-order chi connectivity index (χ1) is 6.72. The molecule has 0 heterocycles. The molecule has 0 aromatic heterocycles. The van der Waals surface area contributed by atoms with Crippen molar-refractivity contribution in [3.05, 3.63) is 29.8 Å². The van der Waals surface area contributed by atoms with Crippen LogP contribution in [0.25, 0.3) is 0 Å². The fraction of sp³-hybridized carbons (Fsp3) is 0.417. The Labute approximate surface area is 84.9 Å². The number of rotatable bonds is 5. The number of hydrogen-bond acceptors (Lipinski definition) is 2. The second-order valence-corrected chi connectivity index (χ2v) is 3.30. The van der Waals surface area contributed by atoms with Crippen LogP contribution >= 0.6 is 0 Å². The topological polar surface area (TPSA) is 26.3 Å². The summed E-state index contributed by atoms with van der Waals surface area (Å²) in [7, 11) is 0. The van der Waals surface area contributed by atoms with Gasteiger partial charge in [-0.1, -0.05) is 19.1 Å². The van der Waals surface area contributed by atoms with Crippen LogP contribution in [-0.2, 0) is 11.2 Å². The molecule has 0 amide bonds. The van der Waals surface area contributed by atoms with Gasteiger partial charge in [0.05, 0.1) is 6.61 Å². The fourth-order valence-electron chi connectivity index (χ4n) is 1.17. The average Bonchev–Trinajstić information content (AvgIpc) is 2.18. The summed E-state index contributed by atoms with van der Waals surface area (Å²) in [6, 6.07) is 7.97. The SMILES string of the molecule is CCc1cccc(OCCC(C)=O)c1. The quantitative estimate of drug-likeness (QED) is 0.716. The van der Waals surface area contributed by atoms with E-state index in [9.17, 15) is 4.79 Å². The maximum Gasteiger partial charge on any atom is 0.133 e. The molecule has 0 aliphatic carbocycles. The van der Waals surface area contributed by atoms with Crippen molar-refractivity contribution >= 4 is 5.78 Å². The first kappa shape index (κ1) is 10.8. The zero-order valence-corrected chi connectivity index (χ0v) is 8.75. The Bertz CT molecular complexity index is 305. The molecule has 1 aromatic rings. The van der Waals surface area contributed by atoms with Crippen molar-refractivity contribution < 1.29 is 9.53 Å². The molecule has 76 valence electrons. The predicted molar refractivity (Wildman–Crippen MR) is 56.6 cm³/mol. The molecule has 2 nitrogen and oxygen atoms in total. The molecule has 0 bridgehead atoms. The fourth-order valence-corrected chi connectivity index (χ4v) is 1.17. The lowest BCUT2D eigenvalue weighted by atomic mass is 10.2. The van der Waals surface area contributed by atoms with Gasteiger partial charge < -0.3 is 4.74 Å². The third kappa shape index (κ3) is 3.60. The zero-order valence-electron chi connectivity index (χ0n) is 8.75. The Hall–Kier alpha value is -1.31. The van der Waals surface area contributed by atoms with Crippen LogP contribution in [0.15, 0.2) is 24.3 Å². The molecule has 0 aliphatic rings. The predicted octanol–water partition coefficient (Wildman–Crippen LogP) is 2.61. The highest BCUT2D eigenvalue weighted by atomic mass is 16.5. The van der Waals surface area contributed by atoms with Crippen LogP contribution in [-0.4, -0.2) is 12.4 Å². The Morgan fingerprint density at radius 1 is 1.43 bits per heavy atom.